The van der Waals surface area contributed by atoms with Crippen molar-refractivity contribution in [2.75, 3.05) is 14.2 Å². The van der Waals surface area contributed by atoms with Crippen LogP contribution in [0.15, 0.2) is 24.3 Å². The molecule has 1 aromatic carbocycles. The van der Waals surface area contributed by atoms with E-state index in [1.807, 2.05) is 0 Å². The Hall–Kier alpha value is -1.81. The van der Waals surface area contributed by atoms with Gasteiger partial charge in [0.25, 0.3) is 0 Å². The lowest BCUT2D eigenvalue weighted by atomic mass is 9.98. The van der Waals surface area contributed by atoms with Gasteiger partial charge in [0.15, 0.2) is 0 Å². The minimum atomic E-state index is 0.0478. The SMILES string of the molecule is COc1cc(OC)cc(C(=O)c2cc3c(s2)CCCC3)c1. The zero-order valence-electron chi connectivity index (χ0n) is 12.3. The maximum Gasteiger partial charge on any atom is 0.203 e. The van der Waals surface area contributed by atoms with Crippen LogP contribution in [-0.2, 0) is 12.8 Å². The number of ketones is 1. The first-order valence-electron chi connectivity index (χ1n) is 7.10. The normalized spacial score (nSPS) is 13.6. The molecule has 1 aliphatic rings. The van der Waals surface area contributed by atoms with E-state index in [1.165, 1.54) is 23.3 Å². The number of aryl methyl sites for hydroxylation is 2. The van der Waals surface area contributed by atoms with Crippen molar-refractivity contribution in [3.8, 4) is 11.5 Å². The quantitative estimate of drug-likeness (QED) is 0.804. The molecule has 3 rings (SSSR count). The Balaban J connectivity index is 1.96. The summed E-state index contributed by atoms with van der Waals surface area (Å²) in [6, 6.07) is 7.37. The van der Waals surface area contributed by atoms with E-state index in [0.29, 0.717) is 17.1 Å². The van der Waals surface area contributed by atoms with Crippen molar-refractivity contribution >= 4 is 17.1 Å². The van der Waals surface area contributed by atoms with Gasteiger partial charge in [0.05, 0.1) is 19.1 Å². The molecule has 0 saturated heterocycles. The van der Waals surface area contributed by atoms with E-state index in [1.54, 1.807) is 43.8 Å². The molecule has 2 aromatic rings. The maximum atomic E-state index is 12.7. The number of hydrogen-bond acceptors (Lipinski definition) is 4. The van der Waals surface area contributed by atoms with E-state index in [0.717, 1.165) is 17.7 Å². The number of thiophene rings is 1. The smallest absolute Gasteiger partial charge is 0.203 e. The first-order valence-corrected chi connectivity index (χ1v) is 7.92. The molecule has 4 heteroatoms. The maximum absolute atomic E-state index is 12.7. The Morgan fingerprint density at radius 3 is 2.29 bits per heavy atom. The van der Waals surface area contributed by atoms with E-state index in [2.05, 4.69) is 6.07 Å². The van der Waals surface area contributed by atoms with Gasteiger partial charge in [-0.3, -0.25) is 4.79 Å². The average Bonchev–Trinajstić information content (AvgIpc) is 2.97. The van der Waals surface area contributed by atoms with Crippen LogP contribution in [0.25, 0.3) is 0 Å². The third-order valence-electron chi connectivity index (χ3n) is 3.83. The van der Waals surface area contributed by atoms with E-state index in [-0.39, 0.29) is 5.78 Å². The van der Waals surface area contributed by atoms with Crippen molar-refractivity contribution in [3.63, 3.8) is 0 Å². The summed E-state index contributed by atoms with van der Waals surface area (Å²) in [5, 5.41) is 0. The molecule has 0 atom stereocenters. The predicted molar refractivity (Wildman–Crippen MR) is 83.9 cm³/mol. The molecule has 21 heavy (non-hydrogen) atoms. The Morgan fingerprint density at radius 1 is 1.00 bits per heavy atom. The summed E-state index contributed by atoms with van der Waals surface area (Å²) < 4.78 is 10.5. The standard InChI is InChI=1S/C17H18O3S/c1-19-13-7-12(8-14(10-13)20-2)17(18)16-9-11-5-3-4-6-15(11)21-16/h7-10H,3-6H2,1-2H3. The summed E-state index contributed by atoms with van der Waals surface area (Å²) in [6.45, 7) is 0. The minimum Gasteiger partial charge on any atom is -0.497 e. The highest BCUT2D eigenvalue weighted by molar-refractivity contribution is 7.14. The van der Waals surface area contributed by atoms with Crippen molar-refractivity contribution < 1.29 is 14.3 Å². The fourth-order valence-corrected chi connectivity index (χ4v) is 3.90. The highest BCUT2D eigenvalue weighted by atomic mass is 32.1. The molecule has 0 fully saturated rings. The molecule has 0 saturated carbocycles. The van der Waals surface area contributed by atoms with Gasteiger partial charge < -0.3 is 9.47 Å². The number of methoxy groups -OCH3 is 2. The van der Waals surface area contributed by atoms with Crippen LogP contribution in [0.3, 0.4) is 0 Å². The van der Waals surface area contributed by atoms with E-state index in [9.17, 15) is 4.79 Å². The average molecular weight is 302 g/mol. The van der Waals surface area contributed by atoms with Gasteiger partial charge in [0.2, 0.25) is 5.78 Å². The van der Waals surface area contributed by atoms with Crippen molar-refractivity contribution in [3.05, 3.63) is 45.1 Å². The first kappa shape index (κ1) is 14.1. The summed E-state index contributed by atoms with van der Waals surface area (Å²) in [5.41, 5.74) is 1.97. The molecule has 0 amide bonds. The van der Waals surface area contributed by atoms with Gasteiger partial charge in [0, 0.05) is 16.5 Å². The topological polar surface area (TPSA) is 35.5 Å². The van der Waals surface area contributed by atoms with Gasteiger partial charge in [-0.1, -0.05) is 0 Å². The second kappa shape index (κ2) is 5.90. The van der Waals surface area contributed by atoms with Gasteiger partial charge in [-0.05, 0) is 49.4 Å². The summed E-state index contributed by atoms with van der Waals surface area (Å²) in [5.74, 6) is 1.32. The molecule has 1 heterocycles. The Labute approximate surface area is 128 Å². The minimum absolute atomic E-state index is 0.0478. The van der Waals surface area contributed by atoms with Crippen LogP contribution in [0.1, 0.15) is 38.5 Å². The lowest BCUT2D eigenvalue weighted by Gasteiger charge is -2.08. The van der Waals surface area contributed by atoms with Crippen molar-refractivity contribution in [2.45, 2.75) is 25.7 Å². The number of hydrogen-bond donors (Lipinski definition) is 0. The predicted octanol–water partition coefficient (Wildman–Crippen LogP) is 3.88. The number of carbonyl (C=O) groups is 1. The summed E-state index contributed by atoms with van der Waals surface area (Å²) in [6.07, 6.45) is 4.66. The molecular weight excluding hydrogens is 284 g/mol. The Morgan fingerprint density at radius 2 is 1.67 bits per heavy atom. The second-order valence-corrected chi connectivity index (χ2v) is 6.33. The highest BCUT2D eigenvalue weighted by Crippen LogP contribution is 2.32. The van der Waals surface area contributed by atoms with Crippen LogP contribution in [0.4, 0.5) is 0 Å². The van der Waals surface area contributed by atoms with Crippen LogP contribution in [0.2, 0.25) is 0 Å². The molecule has 1 aliphatic carbocycles. The van der Waals surface area contributed by atoms with Crippen LogP contribution in [-0.4, -0.2) is 20.0 Å². The monoisotopic (exact) mass is 302 g/mol. The zero-order chi connectivity index (χ0) is 14.8. The van der Waals surface area contributed by atoms with E-state index >= 15 is 0 Å². The molecular formula is C17H18O3S. The van der Waals surface area contributed by atoms with Gasteiger partial charge in [-0.15, -0.1) is 11.3 Å². The number of carbonyl (C=O) groups excluding carboxylic acids is 1. The third-order valence-corrected chi connectivity index (χ3v) is 5.07. The molecule has 110 valence electrons. The van der Waals surface area contributed by atoms with Crippen molar-refractivity contribution in [1.82, 2.24) is 0 Å². The van der Waals surface area contributed by atoms with Crippen LogP contribution in [0, 0.1) is 0 Å². The summed E-state index contributed by atoms with van der Waals surface area (Å²) in [4.78, 5) is 14.9. The summed E-state index contributed by atoms with van der Waals surface area (Å²) in [7, 11) is 3.18. The molecule has 1 aromatic heterocycles. The van der Waals surface area contributed by atoms with Gasteiger partial charge >= 0.3 is 0 Å². The first-order chi connectivity index (χ1) is 10.2. The lowest BCUT2D eigenvalue weighted by Crippen LogP contribution is -2.00. The molecule has 0 bridgehead atoms. The molecule has 0 radical (unpaired) electrons. The fourth-order valence-electron chi connectivity index (χ4n) is 2.68. The van der Waals surface area contributed by atoms with E-state index in [4.69, 9.17) is 9.47 Å². The van der Waals surface area contributed by atoms with E-state index < -0.39 is 0 Å². The molecule has 0 N–H and O–H groups in total. The largest absolute Gasteiger partial charge is 0.497 e. The van der Waals surface area contributed by atoms with Gasteiger partial charge in [-0.2, -0.15) is 0 Å². The van der Waals surface area contributed by atoms with Gasteiger partial charge in [0.1, 0.15) is 11.5 Å². The number of fused-ring (bicyclic) bond motifs is 1. The Bertz CT molecular complexity index is 627. The molecule has 0 unspecified atom stereocenters. The van der Waals surface area contributed by atoms with Crippen molar-refractivity contribution in [1.29, 1.82) is 0 Å². The summed E-state index contributed by atoms with van der Waals surface area (Å²) >= 11 is 1.63. The van der Waals surface area contributed by atoms with Crippen LogP contribution >= 0.6 is 11.3 Å². The second-order valence-electron chi connectivity index (χ2n) is 5.20. The highest BCUT2D eigenvalue weighted by Gasteiger charge is 2.19. The number of ether oxygens (including phenoxy) is 2. The van der Waals surface area contributed by atoms with Crippen LogP contribution in [0.5, 0.6) is 11.5 Å². The lowest BCUT2D eigenvalue weighted by molar-refractivity contribution is 0.104. The third kappa shape index (κ3) is 2.81. The van der Waals surface area contributed by atoms with Crippen molar-refractivity contribution in [2.24, 2.45) is 0 Å². The molecule has 0 aliphatic heterocycles. The zero-order valence-corrected chi connectivity index (χ0v) is 13.1. The van der Waals surface area contributed by atoms with Crippen LogP contribution < -0.4 is 9.47 Å². The molecule has 0 spiro atoms. The van der Waals surface area contributed by atoms with Gasteiger partial charge in [-0.25, -0.2) is 0 Å². The Kier molecular flexibility index (Phi) is 3.97. The number of benzene rings is 1. The fraction of sp³-hybridized carbons (Fsp3) is 0.353. The molecule has 3 nitrogen and oxygen atoms in total. The number of rotatable bonds is 4.